The highest BCUT2D eigenvalue weighted by molar-refractivity contribution is 6.30. The number of halogens is 2. The van der Waals surface area contributed by atoms with Crippen LogP contribution in [0.3, 0.4) is 0 Å². The van der Waals surface area contributed by atoms with Gasteiger partial charge in [-0.05, 0) is 42.8 Å². The third-order valence-electron chi connectivity index (χ3n) is 4.08. The molecule has 1 atom stereocenters. The summed E-state index contributed by atoms with van der Waals surface area (Å²) in [6.45, 7) is 1.58. The van der Waals surface area contributed by atoms with Crippen molar-refractivity contribution in [3.05, 3.63) is 64.9 Å². The van der Waals surface area contributed by atoms with Gasteiger partial charge in [0.2, 0.25) is 11.8 Å². The van der Waals surface area contributed by atoms with E-state index >= 15 is 0 Å². The minimum absolute atomic E-state index is 0.232. The highest BCUT2D eigenvalue weighted by Gasteiger charge is 2.29. The Kier molecular flexibility index (Phi) is 5.32. The van der Waals surface area contributed by atoms with Gasteiger partial charge >= 0.3 is 0 Å². The molecule has 0 fully saturated rings. The van der Waals surface area contributed by atoms with Gasteiger partial charge in [0.25, 0.3) is 0 Å². The molecule has 26 heavy (non-hydrogen) atoms. The zero-order chi connectivity index (χ0) is 18.7. The molecule has 2 amide bonds. The quantitative estimate of drug-likeness (QED) is 0.885. The summed E-state index contributed by atoms with van der Waals surface area (Å²) >= 11 is 5.90. The molecule has 0 saturated heterocycles. The Bertz CT molecular complexity index is 867. The van der Waals surface area contributed by atoms with Crippen LogP contribution in [0.25, 0.3) is 0 Å². The second kappa shape index (κ2) is 7.66. The number of carbonyl (C=O) groups excluding carboxylic acids is 2. The standard InChI is InChI=1S/C19H17ClFN3O2/c1-12(19(26)22-16-4-2-3-15(21)11-16)24-18(25)10-9-17(23-24)13-5-7-14(20)8-6-13/h2-8,11-12H,9-10H2,1H3,(H,22,26). The summed E-state index contributed by atoms with van der Waals surface area (Å²) in [6, 6.07) is 11.9. The van der Waals surface area contributed by atoms with Crippen molar-refractivity contribution in [2.24, 2.45) is 5.10 Å². The van der Waals surface area contributed by atoms with Gasteiger partial charge in [-0.15, -0.1) is 0 Å². The second-order valence-corrected chi connectivity index (χ2v) is 6.40. The molecule has 0 spiro atoms. The molecule has 3 rings (SSSR count). The van der Waals surface area contributed by atoms with Crippen LogP contribution in [0.2, 0.25) is 5.02 Å². The zero-order valence-electron chi connectivity index (χ0n) is 14.1. The summed E-state index contributed by atoms with van der Waals surface area (Å²) in [4.78, 5) is 24.7. The predicted octanol–water partition coefficient (Wildman–Crippen LogP) is 3.83. The molecule has 1 heterocycles. The molecule has 0 saturated carbocycles. The Morgan fingerprint density at radius 3 is 2.65 bits per heavy atom. The molecule has 7 heteroatoms. The maximum absolute atomic E-state index is 13.3. The highest BCUT2D eigenvalue weighted by Crippen LogP contribution is 2.20. The monoisotopic (exact) mass is 373 g/mol. The fourth-order valence-corrected chi connectivity index (χ4v) is 2.77. The lowest BCUT2D eigenvalue weighted by Crippen LogP contribution is -2.44. The summed E-state index contributed by atoms with van der Waals surface area (Å²) in [7, 11) is 0. The first kappa shape index (κ1) is 18.1. The lowest BCUT2D eigenvalue weighted by molar-refractivity contribution is -0.138. The molecule has 1 aliphatic rings. The van der Waals surface area contributed by atoms with E-state index in [0.29, 0.717) is 22.8 Å². The van der Waals surface area contributed by atoms with Crippen molar-refractivity contribution in [3.8, 4) is 0 Å². The van der Waals surface area contributed by atoms with Gasteiger partial charge in [0, 0.05) is 23.6 Å². The highest BCUT2D eigenvalue weighted by atomic mass is 35.5. The number of anilines is 1. The third kappa shape index (κ3) is 4.08. The third-order valence-corrected chi connectivity index (χ3v) is 4.33. The van der Waals surface area contributed by atoms with Crippen LogP contribution in [0.1, 0.15) is 25.3 Å². The average Bonchev–Trinajstić information content (AvgIpc) is 2.62. The minimum Gasteiger partial charge on any atom is -0.324 e. The number of hydrazone groups is 1. The Labute approximate surface area is 155 Å². The van der Waals surface area contributed by atoms with Crippen LogP contribution in [-0.2, 0) is 9.59 Å². The van der Waals surface area contributed by atoms with Crippen LogP contribution in [-0.4, -0.2) is 28.6 Å². The normalized spacial score (nSPS) is 15.4. The molecule has 2 aromatic carbocycles. The van der Waals surface area contributed by atoms with Crippen molar-refractivity contribution in [1.29, 1.82) is 0 Å². The molecule has 1 N–H and O–H groups in total. The summed E-state index contributed by atoms with van der Waals surface area (Å²) in [5.41, 5.74) is 1.89. The molecule has 2 aromatic rings. The number of hydrogen-bond acceptors (Lipinski definition) is 3. The molecule has 5 nitrogen and oxygen atoms in total. The first-order valence-corrected chi connectivity index (χ1v) is 8.54. The van der Waals surface area contributed by atoms with Crippen LogP contribution in [0.4, 0.5) is 10.1 Å². The fourth-order valence-electron chi connectivity index (χ4n) is 2.65. The molecular weight excluding hydrogens is 357 g/mol. The van der Waals surface area contributed by atoms with Crippen molar-refractivity contribution in [2.75, 3.05) is 5.32 Å². The first-order chi connectivity index (χ1) is 12.4. The van der Waals surface area contributed by atoms with Crippen LogP contribution in [0.5, 0.6) is 0 Å². The Morgan fingerprint density at radius 1 is 1.23 bits per heavy atom. The summed E-state index contributed by atoms with van der Waals surface area (Å²) in [5.74, 6) is -1.12. The van der Waals surface area contributed by atoms with E-state index in [9.17, 15) is 14.0 Å². The topological polar surface area (TPSA) is 61.8 Å². The van der Waals surface area contributed by atoms with Gasteiger partial charge in [0.05, 0.1) is 5.71 Å². The average molecular weight is 374 g/mol. The van der Waals surface area contributed by atoms with E-state index in [0.717, 1.165) is 5.56 Å². The lowest BCUT2D eigenvalue weighted by atomic mass is 10.0. The van der Waals surface area contributed by atoms with E-state index in [1.165, 1.54) is 23.2 Å². The molecule has 0 aliphatic carbocycles. The van der Waals surface area contributed by atoms with Crippen molar-refractivity contribution in [2.45, 2.75) is 25.8 Å². The molecule has 1 aliphatic heterocycles. The van der Waals surface area contributed by atoms with E-state index in [2.05, 4.69) is 10.4 Å². The van der Waals surface area contributed by atoms with E-state index in [4.69, 9.17) is 11.6 Å². The lowest BCUT2D eigenvalue weighted by Gasteiger charge is -2.28. The maximum atomic E-state index is 13.3. The second-order valence-electron chi connectivity index (χ2n) is 5.97. The van der Waals surface area contributed by atoms with Crippen molar-refractivity contribution < 1.29 is 14.0 Å². The van der Waals surface area contributed by atoms with Gasteiger partial charge in [-0.2, -0.15) is 5.10 Å². The van der Waals surface area contributed by atoms with Crippen LogP contribution in [0.15, 0.2) is 53.6 Å². The number of nitrogens with zero attached hydrogens (tertiary/aromatic N) is 2. The maximum Gasteiger partial charge on any atom is 0.249 e. The molecule has 1 unspecified atom stereocenters. The number of rotatable bonds is 4. The number of amides is 2. The molecule has 134 valence electrons. The Hall–Kier alpha value is -2.73. The summed E-state index contributed by atoms with van der Waals surface area (Å²) in [6.07, 6.45) is 0.758. The predicted molar refractivity (Wildman–Crippen MR) is 98.6 cm³/mol. The van der Waals surface area contributed by atoms with E-state index in [1.54, 1.807) is 25.1 Å². The first-order valence-electron chi connectivity index (χ1n) is 8.16. The number of carbonyl (C=O) groups is 2. The van der Waals surface area contributed by atoms with Gasteiger partial charge in [-0.3, -0.25) is 9.59 Å². The van der Waals surface area contributed by atoms with Crippen LogP contribution < -0.4 is 5.32 Å². The molecule has 0 radical (unpaired) electrons. The SMILES string of the molecule is CC(C(=O)Nc1cccc(F)c1)N1N=C(c2ccc(Cl)cc2)CCC1=O. The van der Waals surface area contributed by atoms with Gasteiger partial charge in [-0.1, -0.05) is 29.8 Å². The van der Waals surface area contributed by atoms with Crippen molar-refractivity contribution >= 4 is 34.8 Å². The van der Waals surface area contributed by atoms with Gasteiger partial charge in [-0.25, -0.2) is 9.40 Å². The van der Waals surface area contributed by atoms with Gasteiger partial charge in [0.1, 0.15) is 11.9 Å². The molecule has 0 aromatic heterocycles. The molecular formula is C19H17ClFN3O2. The summed E-state index contributed by atoms with van der Waals surface area (Å²) < 4.78 is 13.3. The number of benzene rings is 2. The van der Waals surface area contributed by atoms with Crippen molar-refractivity contribution in [3.63, 3.8) is 0 Å². The fraction of sp³-hybridized carbons (Fsp3) is 0.211. The largest absolute Gasteiger partial charge is 0.324 e. The zero-order valence-corrected chi connectivity index (χ0v) is 14.8. The van der Waals surface area contributed by atoms with E-state index in [1.807, 2.05) is 12.1 Å². The summed E-state index contributed by atoms with van der Waals surface area (Å²) in [5, 5.41) is 8.76. The number of hydrogen-bond donors (Lipinski definition) is 1. The van der Waals surface area contributed by atoms with Gasteiger partial charge < -0.3 is 5.32 Å². The minimum atomic E-state index is -0.826. The van der Waals surface area contributed by atoms with E-state index in [-0.39, 0.29) is 12.3 Å². The smallest absolute Gasteiger partial charge is 0.249 e. The number of nitrogens with one attached hydrogen (secondary N) is 1. The van der Waals surface area contributed by atoms with Crippen LogP contribution in [0, 0.1) is 5.82 Å². The van der Waals surface area contributed by atoms with Crippen molar-refractivity contribution in [1.82, 2.24) is 5.01 Å². The van der Waals surface area contributed by atoms with E-state index < -0.39 is 17.8 Å². The molecule has 0 bridgehead atoms. The van der Waals surface area contributed by atoms with Gasteiger partial charge in [0.15, 0.2) is 0 Å². The van der Waals surface area contributed by atoms with Crippen LogP contribution >= 0.6 is 11.6 Å². The Balaban J connectivity index is 1.78. The Morgan fingerprint density at radius 2 is 1.96 bits per heavy atom.